The van der Waals surface area contributed by atoms with Gasteiger partial charge in [0.05, 0.1) is 45.6 Å². The number of benzene rings is 9. The SMILES string of the molecule is [C-]#[N+]c1cc(-n2c3ccc(-c4ccccc4)cc3c3cc(-c4ccccc4)ccc32)c(C#N)cc1-n1c2ccc(-c3ccccc3)cc2c2cc(-c3ccccc3)ccc21. The predicted molar refractivity (Wildman–Crippen MR) is 248 cm³/mol. The maximum atomic E-state index is 11.0. The summed E-state index contributed by atoms with van der Waals surface area (Å²) < 4.78 is 4.33. The van der Waals surface area contributed by atoms with Crippen molar-refractivity contribution in [2.75, 3.05) is 0 Å². The van der Waals surface area contributed by atoms with Crippen molar-refractivity contribution in [2.45, 2.75) is 0 Å². The fourth-order valence-corrected chi connectivity index (χ4v) is 8.92. The van der Waals surface area contributed by atoms with Gasteiger partial charge in [0, 0.05) is 21.5 Å². The Balaban J connectivity index is 1.16. The van der Waals surface area contributed by atoms with Gasteiger partial charge in [0.15, 0.2) is 0 Å². The predicted octanol–water partition coefficient (Wildman–Crippen LogP) is 15.0. The molecule has 0 unspecified atom stereocenters. The molecule has 2 aromatic heterocycles. The molecule has 4 heteroatoms. The summed E-state index contributed by atoms with van der Waals surface area (Å²) in [5, 5.41) is 15.3. The first-order chi connectivity index (χ1) is 29.7. The van der Waals surface area contributed by atoms with Gasteiger partial charge in [-0.15, -0.1) is 0 Å². The molecule has 0 fully saturated rings. The van der Waals surface area contributed by atoms with Crippen LogP contribution < -0.4 is 0 Å². The van der Waals surface area contributed by atoms with E-state index in [9.17, 15) is 5.26 Å². The summed E-state index contributed by atoms with van der Waals surface area (Å²) in [5.74, 6) is 0. The van der Waals surface area contributed by atoms with Crippen molar-refractivity contribution >= 4 is 49.3 Å². The van der Waals surface area contributed by atoms with Crippen LogP contribution in [-0.4, -0.2) is 9.13 Å². The third-order valence-electron chi connectivity index (χ3n) is 11.8. The van der Waals surface area contributed by atoms with E-state index in [1.807, 2.05) is 36.4 Å². The molecule has 11 aromatic rings. The van der Waals surface area contributed by atoms with E-state index in [0.29, 0.717) is 22.6 Å². The Morgan fingerprint density at radius 3 is 0.967 bits per heavy atom. The summed E-state index contributed by atoms with van der Waals surface area (Å²) in [6, 6.07) is 74.2. The maximum Gasteiger partial charge on any atom is 0.212 e. The topological polar surface area (TPSA) is 38.0 Å². The summed E-state index contributed by atoms with van der Waals surface area (Å²) in [4.78, 5) is 4.19. The smallest absolute Gasteiger partial charge is 0.212 e. The van der Waals surface area contributed by atoms with Crippen LogP contribution in [0.15, 0.2) is 206 Å². The molecule has 2 heterocycles. The molecule has 0 aliphatic rings. The maximum absolute atomic E-state index is 11.0. The van der Waals surface area contributed by atoms with Gasteiger partial charge in [-0.25, -0.2) is 4.85 Å². The van der Waals surface area contributed by atoms with E-state index in [0.717, 1.165) is 88.1 Å². The van der Waals surface area contributed by atoms with Crippen LogP contribution in [-0.2, 0) is 0 Å². The van der Waals surface area contributed by atoms with E-state index in [4.69, 9.17) is 6.57 Å². The van der Waals surface area contributed by atoms with Crippen molar-refractivity contribution in [3.8, 4) is 62.0 Å². The molecule has 0 N–H and O–H groups in total. The molecule has 0 aliphatic carbocycles. The van der Waals surface area contributed by atoms with Gasteiger partial charge in [-0.2, -0.15) is 5.26 Å². The van der Waals surface area contributed by atoms with Crippen LogP contribution in [0.25, 0.3) is 104 Å². The standard InChI is InChI=1S/C56H34N4/c1-58-50-35-55(59-51-26-22-41(37-14-6-2-7-15-37)30-46(51)47-31-42(23-27-52(47)59)38-16-8-3-9-17-38)45(36-57)34-56(50)60-53-28-24-43(39-18-10-4-11-19-39)32-48(53)49-33-44(25-29-54(49)60)40-20-12-5-13-21-40/h2-35H. The minimum absolute atomic E-state index is 0.457. The van der Waals surface area contributed by atoms with Crippen LogP contribution in [0.2, 0.25) is 0 Å². The summed E-state index contributed by atoms with van der Waals surface area (Å²) in [6.07, 6.45) is 0. The fourth-order valence-electron chi connectivity index (χ4n) is 8.92. The van der Waals surface area contributed by atoms with Gasteiger partial charge in [-0.1, -0.05) is 146 Å². The van der Waals surface area contributed by atoms with Crippen LogP contribution in [0.4, 0.5) is 5.69 Å². The molecule has 0 spiro atoms. The van der Waals surface area contributed by atoms with Crippen LogP contribution in [0.5, 0.6) is 0 Å². The van der Waals surface area contributed by atoms with Crippen molar-refractivity contribution in [3.05, 3.63) is 223 Å². The van der Waals surface area contributed by atoms with E-state index in [2.05, 4.69) is 190 Å². The number of nitrogens with zero attached hydrogens (tertiary/aromatic N) is 4. The number of aromatic nitrogens is 2. The Kier molecular flexibility index (Phi) is 8.22. The summed E-state index contributed by atoms with van der Waals surface area (Å²) in [7, 11) is 0. The minimum Gasteiger partial charge on any atom is -0.319 e. The number of hydrogen-bond acceptors (Lipinski definition) is 1. The summed E-state index contributed by atoms with van der Waals surface area (Å²) in [5.41, 5.74) is 15.1. The fraction of sp³-hybridized carbons (Fsp3) is 0. The van der Waals surface area contributed by atoms with Gasteiger partial charge >= 0.3 is 0 Å². The summed E-state index contributed by atoms with van der Waals surface area (Å²) in [6.45, 7) is 8.64. The van der Waals surface area contributed by atoms with Gasteiger partial charge in [0.1, 0.15) is 6.07 Å². The van der Waals surface area contributed by atoms with E-state index in [-0.39, 0.29) is 0 Å². The van der Waals surface area contributed by atoms with E-state index in [1.54, 1.807) is 0 Å². The van der Waals surface area contributed by atoms with Crippen LogP contribution in [0, 0.1) is 17.9 Å². The lowest BCUT2D eigenvalue weighted by Crippen LogP contribution is -2.01. The monoisotopic (exact) mass is 762 g/mol. The lowest BCUT2D eigenvalue weighted by Gasteiger charge is -2.16. The van der Waals surface area contributed by atoms with Crippen LogP contribution in [0.1, 0.15) is 5.56 Å². The molecule has 4 nitrogen and oxygen atoms in total. The van der Waals surface area contributed by atoms with Crippen molar-refractivity contribution in [3.63, 3.8) is 0 Å². The highest BCUT2D eigenvalue weighted by Gasteiger charge is 2.22. The molecule has 0 saturated carbocycles. The van der Waals surface area contributed by atoms with E-state index in [1.165, 1.54) is 0 Å². The van der Waals surface area contributed by atoms with Crippen molar-refractivity contribution in [2.24, 2.45) is 0 Å². The zero-order valence-corrected chi connectivity index (χ0v) is 32.4. The number of hydrogen-bond donors (Lipinski definition) is 0. The third-order valence-corrected chi connectivity index (χ3v) is 11.8. The Bertz CT molecular complexity index is 3100. The first kappa shape index (κ1) is 34.8. The second kappa shape index (κ2) is 14.2. The second-order valence-electron chi connectivity index (χ2n) is 15.1. The van der Waals surface area contributed by atoms with E-state index < -0.39 is 0 Å². The molecule has 0 amide bonds. The van der Waals surface area contributed by atoms with Crippen molar-refractivity contribution < 1.29 is 0 Å². The molecule has 0 saturated heterocycles. The first-order valence-corrected chi connectivity index (χ1v) is 20.0. The highest BCUT2D eigenvalue weighted by molar-refractivity contribution is 6.13. The van der Waals surface area contributed by atoms with Gasteiger partial charge in [-0.3, -0.25) is 0 Å². The minimum atomic E-state index is 0.457. The zero-order chi connectivity index (χ0) is 40.2. The van der Waals surface area contributed by atoms with Crippen molar-refractivity contribution in [1.82, 2.24) is 9.13 Å². The normalized spacial score (nSPS) is 11.3. The second-order valence-corrected chi connectivity index (χ2v) is 15.1. The molecular weight excluding hydrogens is 729 g/mol. The van der Waals surface area contributed by atoms with Crippen LogP contribution in [0.3, 0.4) is 0 Å². The number of rotatable bonds is 6. The molecule has 0 radical (unpaired) electrons. The molecule has 278 valence electrons. The Morgan fingerprint density at radius 2 is 0.667 bits per heavy atom. The molecule has 0 bridgehead atoms. The Labute approximate surface area is 347 Å². The number of fused-ring (bicyclic) bond motifs is 6. The quantitative estimate of drug-likeness (QED) is 0.155. The Morgan fingerprint density at radius 1 is 0.350 bits per heavy atom. The van der Waals surface area contributed by atoms with Crippen molar-refractivity contribution in [1.29, 1.82) is 5.26 Å². The average molecular weight is 763 g/mol. The highest BCUT2D eigenvalue weighted by Crippen LogP contribution is 2.43. The average Bonchev–Trinajstić information content (AvgIpc) is 3.83. The lowest BCUT2D eigenvalue weighted by molar-refractivity contribution is 1.14. The van der Waals surface area contributed by atoms with E-state index >= 15 is 0 Å². The Hall–Kier alpha value is -8.44. The molecule has 0 atom stereocenters. The highest BCUT2D eigenvalue weighted by atomic mass is 15.0. The van der Waals surface area contributed by atoms with Gasteiger partial charge in [-0.05, 0) is 105 Å². The van der Waals surface area contributed by atoms with Gasteiger partial charge < -0.3 is 9.13 Å². The summed E-state index contributed by atoms with van der Waals surface area (Å²) >= 11 is 0. The van der Waals surface area contributed by atoms with Crippen LogP contribution >= 0.6 is 0 Å². The molecule has 11 rings (SSSR count). The molecular formula is C56H34N4. The lowest BCUT2D eigenvalue weighted by atomic mass is 10.0. The molecule has 60 heavy (non-hydrogen) atoms. The van der Waals surface area contributed by atoms with Gasteiger partial charge in [0.2, 0.25) is 5.69 Å². The molecule has 9 aromatic carbocycles. The number of nitriles is 1. The molecule has 0 aliphatic heterocycles. The first-order valence-electron chi connectivity index (χ1n) is 20.0. The largest absolute Gasteiger partial charge is 0.319 e. The third kappa shape index (κ3) is 5.67. The zero-order valence-electron chi connectivity index (χ0n) is 32.4. The van der Waals surface area contributed by atoms with Gasteiger partial charge in [0.25, 0.3) is 0 Å².